The van der Waals surface area contributed by atoms with Crippen molar-refractivity contribution in [1.82, 2.24) is 10.2 Å². The van der Waals surface area contributed by atoms with Crippen LogP contribution in [0.25, 0.3) is 5.70 Å². The lowest BCUT2D eigenvalue weighted by Gasteiger charge is -2.35. The fourth-order valence-electron chi connectivity index (χ4n) is 2.09. The number of thiol groups is 1. The molecule has 1 aliphatic heterocycles. The van der Waals surface area contributed by atoms with E-state index in [4.69, 9.17) is 9.47 Å². The van der Waals surface area contributed by atoms with Gasteiger partial charge in [0.05, 0.1) is 19.4 Å². The molecule has 0 bridgehead atoms. The molecule has 1 unspecified atom stereocenters. The van der Waals surface area contributed by atoms with Crippen LogP contribution in [0.1, 0.15) is 5.56 Å². The second-order valence-corrected chi connectivity index (χ2v) is 4.94. The van der Waals surface area contributed by atoms with Gasteiger partial charge in [0.15, 0.2) is 11.6 Å². The Labute approximate surface area is 128 Å². The minimum atomic E-state index is -0.488. The van der Waals surface area contributed by atoms with Crippen molar-refractivity contribution in [2.24, 2.45) is 0 Å². The lowest BCUT2D eigenvalue weighted by molar-refractivity contribution is -0.117. The standard InChI is InChI=1S/C14H17FN2O3S/c1-19-6-5-17-11(8-13(18)16-14(17)21)9-3-4-12(20-2)10(15)7-9/h3-4,7-8,14,21H,5-6H2,1-2H3,(H,16,18). The zero-order valence-corrected chi connectivity index (χ0v) is 12.7. The first kappa shape index (κ1) is 15.7. The summed E-state index contributed by atoms with van der Waals surface area (Å²) in [4.78, 5) is 13.5. The van der Waals surface area contributed by atoms with Crippen LogP contribution in [0.15, 0.2) is 24.3 Å². The predicted molar refractivity (Wildman–Crippen MR) is 80.4 cm³/mol. The summed E-state index contributed by atoms with van der Waals surface area (Å²) in [5, 5.41) is 2.68. The minimum Gasteiger partial charge on any atom is -0.494 e. The average Bonchev–Trinajstić information content (AvgIpc) is 2.45. The van der Waals surface area contributed by atoms with Crippen LogP contribution in [-0.4, -0.2) is 43.7 Å². The predicted octanol–water partition coefficient (Wildman–Crippen LogP) is 1.47. The normalized spacial score (nSPS) is 18.3. The van der Waals surface area contributed by atoms with Crippen molar-refractivity contribution in [1.29, 1.82) is 0 Å². The molecule has 0 radical (unpaired) electrons. The zero-order valence-electron chi connectivity index (χ0n) is 11.8. The van der Waals surface area contributed by atoms with Gasteiger partial charge < -0.3 is 19.7 Å². The summed E-state index contributed by atoms with van der Waals surface area (Å²) >= 11 is 4.34. The molecule has 1 aromatic carbocycles. The molecular weight excluding hydrogens is 295 g/mol. The van der Waals surface area contributed by atoms with Crippen LogP contribution in [0.3, 0.4) is 0 Å². The Balaban J connectivity index is 2.36. The van der Waals surface area contributed by atoms with E-state index in [1.807, 2.05) is 4.90 Å². The van der Waals surface area contributed by atoms with Gasteiger partial charge >= 0.3 is 0 Å². The SMILES string of the molecule is COCCN1C(c2ccc(OC)c(F)c2)=CC(=O)NC1S. The van der Waals surface area contributed by atoms with Crippen LogP contribution in [-0.2, 0) is 9.53 Å². The monoisotopic (exact) mass is 312 g/mol. The highest BCUT2D eigenvalue weighted by Crippen LogP contribution is 2.28. The largest absolute Gasteiger partial charge is 0.494 e. The lowest BCUT2D eigenvalue weighted by atomic mass is 10.1. The van der Waals surface area contributed by atoms with Gasteiger partial charge in [0.2, 0.25) is 5.91 Å². The fourth-order valence-corrected chi connectivity index (χ4v) is 2.46. The second-order valence-electron chi connectivity index (χ2n) is 4.45. The number of nitrogens with one attached hydrogen (secondary N) is 1. The van der Waals surface area contributed by atoms with Crippen molar-refractivity contribution >= 4 is 24.2 Å². The topological polar surface area (TPSA) is 50.8 Å². The van der Waals surface area contributed by atoms with Crippen LogP contribution in [0, 0.1) is 5.82 Å². The van der Waals surface area contributed by atoms with Gasteiger partial charge in [-0.05, 0) is 18.2 Å². The highest BCUT2D eigenvalue weighted by molar-refractivity contribution is 7.80. The minimum absolute atomic E-state index is 0.158. The Morgan fingerprint density at radius 2 is 2.19 bits per heavy atom. The highest BCUT2D eigenvalue weighted by atomic mass is 32.1. The van der Waals surface area contributed by atoms with Crippen LogP contribution >= 0.6 is 12.6 Å². The average molecular weight is 312 g/mol. The molecular formula is C14H17FN2O3S. The number of amides is 1. The number of hydrogen-bond donors (Lipinski definition) is 2. The van der Waals surface area contributed by atoms with E-state index in [1.54, 1.807) is 13.2 Å². The number of hydrogen-bond acceptors (Lipinski definition) is 5. The number of carbonyl (C=O) groups excluding carboxylic acids is 1. The number of nitrogens with zero attached hydrogens (tertiary/aromatic N) is 1. The second kappa shape index (κ2) is 6.82. The van der Waals surface area contributed by atoms with Gasteiger partial charge in [-0.3, -0.25) is 4.79 Å². The highest BCUT2D eigenvalue weighted by Gasteiger charge is 2.25. The molecule has 0 aliphatic carbocycles. The molecule has 21 heavy (non-hydrogen) atoms. The van der Waals surface area contributed by atoms with E-state index in [2.05, 4.69) is 17.9 Å². The number of rotatable bonds is 5. The summed E-state index contributed by atoms with van der Waals surface area (Å²) in [6.07, 6.45) is 1.42. The van der Waals surface area contributed by atoms with Crippen LogP contribution < -0.4 is 10.1 Å². The summed E-state index contributed by atoms with van der Waals surface area (Å²) in [7, 11) is 2.99. The van der Waals surface area contributed by atoms with Crippen molar-refractivity contribution in [3.05, 3.63) is 35.7 Å². The number of benzene rings is 1. The molecule has 5 nitrogen and oxygen atoms in total. The molecule has 0 saturated heterocycles. The first-order valence-corrected chi connectivity index (χ1v) is 6.88. The molecule has 1 heterocycles. The Morgan fingerprint density at radius 1 is 1.43 bits per heavy atom. The summed E-state index contributed by atoms with van der Waals surface area (Å²) in [5.74, 6) is -0.593. The van der Waals surface area contributed by atoms with Gasteiger partial charge in [0.1, 0.15) is 5.50 Å². The molecule has 0 saturated carbocycles. The number of ether oxygens (including phenoxy) is 2. The van der Waals surface area contributed by atoms with Gasteiger partial charge in [0.25, 0.3) is 0 Å². The summed E-state index contributed by atoms with van der Waals surface area (Å²) in [5.41, 5.74) is 0.688. The summed E-state index contributed by atoms with van der Waals surface area (Å²) in [6.45, 7) is 0.979. The van der Waals surface area contributed by atoms with Gasteiger partial charge in [-0.1, -0.05) is 0 Å². The quantitative estimate of drug-likeness (QED) is 0.809. The third kappa shape index (κ3) is 3.48. The molecule has 1 aromatic rings. The Kier molecular flexibility index (Phi) is 5.08. The van der Waals surface area contributed by atoms with Crippen molar-refractivity contribution in [2.45, 2.75) is 5.50 Å². The molecule has 1 N–H and O–H groups in total. The molecule has 2 rings (SSSR count). The number of methoxy groups -OCH3 is 2. The first-order valence-electron chi connectivity index (χ1n) is 6.36. The van der Waals surface area contributed by atoms with E-state index in [9.17, 15) is 9.18 Å². The van der Waals surface area contributed by atoms with Crippen molar-refractivity contribution in [2.75, 3.05) is 27.4 Å². The molecule has 1 atom stereocenters. The van der Waals surface area contributed by atoms with E-state index < -0.39 is 11.3 Å². The van der Waals surface area contributed by atoms with E-state index in [-0.39, 0.29) is 11.7 Å². The smallest absolute Gasteiger partial charge is 0.248 e. The number of halogens is 1. The Morgan fingerprint density at radius 3 is 2.81 bits per heavy atom. The van der Waals surface area contributed by atoms with E-state index in [1.165, 1.54) is 25.3 Å². The maximum absolute atomic E-state index is 13.9. The Hall–Kier alpha value is -1.73. The molecule has 0 spiro atoms. The molecule has 7 heteroatoms. The van der Waals surface area contributed by atoms with E-state index in [0.717, 1.165) is 0 Å². The molecule has 1 amide bonds. The van der Waals surface area contributed by atoms with E-state index in [0.29, 0.717) is 24.4 Å². The van der Waals surface area contributed by atoms with Crippen molar-refractivity contribution in [3.8, 4) is 5.75 Å². The van der Waals surface area contributed by atoms with Crippen LogP contribution in [0.4, 0.5) is 4.39 Å². The van der Waals surface area contributed by atoms with Gasteiger partial charge in [-0.15, -0.1) is 12.6 Å². The van der Waals surface area contributed by atoms with Gasteiger partial charge in [-0.2, -0.15) is 0 Å². The first-order chi connectivity index (χ1) is 10.1. The maximum Gasteiger partial charge on any atom is 0.248 e. The fraction of sp³-hybridized carbons (Fsp3) is 0.357. The maximum atomic E-state index is 13.9. The van der Waals surface area contributed by atoms with Crippen molar-refractivity contribution < 1.29 is 18.7 Å². The third-order valence-corrected chi connectivity index (χ3v) is 3.54. The van der Waals surface area contributed by atoms with Gasteiger partial charge in [0, 0.05) is 25.3 Å². The lowest BCUT2D eigenvalue weighted by Crippen LogP contribution is -2.48. The Bertz CT molecular complexity index is 565. The summed E-state index contributed by atoms with van der Waals surface area (Å²) in [6, 6.07) is 4.57. The third-order valence-electron chi connectivity index (χ3n) is 3.13. The van der Waals surface area contributed by atoms with Gasteiger partial charge in [-0.25, -0.2) is 4.39 Å². The van der Waals surface area contributed by atoms with E-state index >= 15 is 0 Å². The molecule has 1 aliphatic rings. The van der Waals surface area contributed by atoms with Crippen LogP contribution in [0.2, 0.25) is 0 Å². The molecule has 0 aromatic heterocycles. The summed E-state index contributed by atoms with van der Waals surface area (Å²) < 4.78 is 23.8. The molecule has 0 fully saturated rings. The van der Waals surface area contributed by atoms with Crippen LogP contribution in [0.5, 0.6) is 5.75 Å². The van der Waals surface area contributed by atoms with Crippen molar-refractivity contribution in [3.63, 3.8) is 0 Å². The number of carbonyl (C=O) groups is 1. The zero-order chi connectivity index (χ0) is 15.4. The molecule has 114 valence electrons.